The number of ether oxygens (including phenoxy) is 2. The van der Waals surface area contributed by atoms with Gasteiger partial charge in [0, 0.05) is 0 Å². The molecule has 0 N–H and O–H groups in total. The maximum absolute atomic E-state index is 12.8. The minimum Gasteiger partial charge on any atom is -0.448 e. The summed E-state index contributed by atoms with van der Waals surface area (Å²) < 4.78 is 10.5. The van der Waals surface area contributed by atoms with Crippen LogP contribution in [0.25, 0.3) is 5.57 Å². The molecule has 6 nitrogen and oxygen atoms in total. The number of carbonyl (C=O) groups excluding carboxylic acids is 2. The Kier molecular flexibility index (Phi) is 5.57. The van der Waals surface area contributed by atoms with Gasteiger partial charge in [-0.1, -0.05) is 72.8 Å². The van der Waals surface area contributed by atoms with E-state index < -0.39 is 24.3 Å². The zero-order valence-electron chi connectivity index (χ0n) is 17.0. The number of hydrazine groups is 1. The minimum atomic E-state index is -0.569. The lowest BCUT2D eigenvalue weighted by Gasteiger charge is -2.32. The molecule has 0 radical (unpaired) electrons. The van der Waals surface area contributed by atoms with Gasteiger partial charge in [-0.2, -0.15) is 0 Å². The van der Waals surface area contributed by atoms with Crippen LogP contribution >= 0.6 is 0 Å². The number of amides is 2. The largest absolute Gasteiger partial charge is 0.448 e. The average Bonchev–Trinajstić information content (AvgIpc) is 3.32. The molecule has 2 aromatic carbocycles. The van der Waals surface area contributed by atoms with E-state index in [9.17, 15) is 9.59 Å². The fourth-order valence-electron chi connectivity index (χ4n) is 4.08. The van der Waals surface area contributed by atoms with Crippen molar-refractivity contribution in [2.45, 2.75) is 25.9 Å². The Bertz CT molecular complexity index is 907. The predicted molar refractivity (Wildman–Crippen MR) is 113 cm³/mol. The maximum atomic E-state index is 12.8. The van der Waals surface area contributed by atoms with Crippen LogP contribution in [0.1, 0.15) is 25.0 Å². The molecule has 154 valence electrons. The van der Waals surface area contributed by atoms with Crippen LogP contribution in [0.5, 0.6) is 0 Å². The maximum Gasteiger partial charge on any atom is 0.429 e. The van der Waals surface area contributed by atoms with Crippen molar-refractivity contribution in [3.05, 3.63) is 89.5 Å². The van der Waals surface area contributed by atoms with Crippen molar-refractivity contribution in [1.82, 2.24) is 10.0 Å². The zero-order chi connectivity index (χ0) is 21.1. The zero-order valence-corrected chi connectivity index (χ0v) is 17.0. The lowest BCUT2D eigenvalue weighted by Crippen LogP contribution is -2.52. The normalized spacial score (nSPS) is 19.2. The van der Waals surface area contributed by atoms with Crippen LogP contribution in [0.2, 0.25) is 0 Å². The Morgan fingerprint density at radius 2 is 1.13 bits per heavy atom. The first-order chi connectivity index (χ1) is 14.7. The monoisotopic (exact) mass is 404 g/mol. The lowest BCUT2D eigenvalue weighted by atomic mass is 9.89. The number of carbonyl (C=O) groups is 2. The first-order valence-electron chi connectivity index (χ1n) is 10.1. The minimum absolute atomic E-state index is 0.219. The van der Waals surface area contributed by atoms with Crippen LogP contribution in [0.15, 0.2) is 78.4 Å². The van der Waals surface area contributed by atoms with Gasteiger partial charge in [0.1, 0.15) is 0 Å². The number of nitrogens with zero attached hydrogens (tertiary/aromatic N) is 2. The molecule has 30 heavy (non-hydrogen) atoms. The van der Waals surface area contributed by atoms with Crippen LogP contribution in [-0.2, 0) is 9.47 Å². The summed E-state index contributed by atoms with van der Waals surface area (Å²) in [7, 11) is 0. The summed E-state index contributed by atoms with van der Waals surface area (Å²) in [4.78, 5) is 25.6. The number of benzene rings is 2. The van der Waals surface area contributed by atoms with Crippen molar-refractivity contribution in [3.8, 4) is 0 Å². The van der Waals surface area contributed by atoms with Gasteiger partial charge >= 0.3 is 12.2 Å². The molecule has 1 fully saturated rings. The molecule has 1 aliphatic heterocycles. The van der Waals surface area contributed by atoms with Gasteiger partial charge in [-0.15, -0.1) is 0 Å². The highest BCUT2D eigenvalue weighted by atomic mass is 16.6. The SMILES string of the molecule is CCOC(=O)N1C2C=CC(C2=C(c2ccccc2)c2ccccc2)N1C(=O)OCC. The Balaban J connectivity index is 1.90. The van der Waals surface area contributed by atoms with Crippen molar-refractivity contribution < 1.29 is 19.1 Å². The smallest absolute Gasteiger partial charge is 0.429 e. The number of rotatable bonds is 4. The third kappa shape index (κ3) is 3.34. The molecule has 2 unspecified atom stereocenters. The third-order valence-corrected chi connectivity index (χ3v) is 5.20. The van der Waals surface area contributed by atoms with Crippen molar-refractivity contribution in [2.75, 3.05) is 13.2 Å². The molecule has 2 atom stereocenters. The first kappa shape index (κ1) is 19.8. The second-order valence-electron chi connectivity index (χ2n) is 6.92. The topological polar surface area (TPSA) is 59.1 Å². The van der Waals surface area contributed by atoms with Gasteiger partial charge in [-0.25, -0.2) is 19.6 Å². The molecule has 2 bridgehead atoms. The van der Waals surface area contributed by atoms with Crippen molar-refractivity contribution in [2.24, 2.45) is 0 Å². The molecule has 1 heterocycles. The van der Waals surface area contributed by atoms with E-state index in [4.69, 9.17) is 9.47 Å². The summed E-state index contributed by atoms with van der Waals surface area (Å²) in [5, 5.41) is 2.74. The Morgan fingerprint density at radius 1 is 0.733 bits per heavy atom. The van der Waals surface area contributed by atoms with Gasteiger partial charge < -0.3 is 9.47 Å². The second kappa shape index (κ2) is 8.45. The highest BCUT2D eigenvalue weighted by molar-refractivity contribution is 5.88. The predicted octanol–water partition coefficient (Wildman–Crippen LogP) is 4.64. The van der Waals surface area contributed by atoms with Crippen molar-refractivity contribution in [1.29, 1.82) is 0 Å². The number of hydrogen-bond donors (Lipinski definition) is 0. The molecule has 1 saturated heterocycles. The Labute approximate surface area is 176 Å². The summed E-state index contributed by atoms with van der Waals surface area (Å²) in [6.45, 7) is 3.92. The van der Waals surface area contributed by atoms with E-state index in [1.54, 1.807) is 13.8 Å². The molecule has 6 heteroatoms. The molecule has 1 aliphatic carbocycles. The van der Waals surface area contributed by atoms with Crippen LogP contribution in [0, 0.1) is 0 Å². The van der Waals surface area contributed by atoms with Crippen LogP contribution < -0.4 is 0 Å². The molecule has 2 amide bonds. The molecule has 2 aliphatic rings. The molecule has 0 aromatic heterocycles. The molecule has 2 aromatic rings. The van der Waals surface area contributed by atoms with Gasteiger partial charge in [0.15, 0.2) is 0 Å². The fourth-order valence-corrected chi connectivity index (χ4v) is 4.08. The summed E-state index contributed by atoms with van der Waals surface area (Å²) in [5.41, 5.74) is 3.99. The van der Waals surface area contributed by atoms with E-state index in [1.165, 1.54) is 10.0 Å². The van der Waals surface area contributed by atoms with Gasteiger partial charge in [0.2, 0.25) is 0 Å². The number of hydrogen-bond acceptors (Lipinski definition) is 4. The quantitative estimate of drug-likeness (QED) is 0.697. The molecular weight excluding hydrogens is 380 g/mol. The first-order valence-corrected chi connectivity index (χ1v) is 10.1. The fraction of sp³-hybridized carbons (Fsp3) is 0.250. The second-order valence-corrected chi connectivity index (χ2v) is 6.92. The molecule has 0 saturated carbocycles. The van der Waals surface area contributed by atoms with E-state index in [2.05, 4.69) is 0 Å². The highest BCUT2D eigenvalue weighted by Crippen LogP contribution is 2.44. The van der Waals surface area contributed by atoms with Crippen LogP contribution in [0.4, 0.5) is 9.59 Å². The average molecular weight is 404 g/mol. The Hall–Kier alpha value is -3.54. The summed E-state index contributed by atoms with van der Waals surface area (Å²) >= 11 is 0. The van der Waals surface area contributed by atoms with Gasteiger partial charge in [-0.3, -0.25) is 0 Å². The molecular formula is C24H24N2O4. The van der Waals surface area contributed by atoms with Crippen molar-refractivity contribution in [3.63, 3.8) is 0 Å². The summed E-state index contributed by atoms with van der Waals surface area (Å²) in [6, 6.07) is 19.2. The van der Waals surface area contributed by atoms with E-state index >= 15 is 0 Å². The molecule has 0 spiro atoms. The van der Waals surface area contributed by atoms with E-state index in [-0.39, 0.29) is 13.2 Å². The van der Waals surface area contributed by atoms with E-state index in [0.29, 0.717) is 0 Å². The van der Waals surface area contributed by atoms with Crippen LogP contribution in [-0.4, -0.2) is 47.5 Å². The highest BCUT2D eigenvalue weighted by Gasteiger charge is 2.52. The van der Waals surface area contributed by atoms with Gasteiger partial charge in [0.05, 0.1) is 25.3 Å². The van der Waals surface area contributed by atoms with Crippen molar-refractivity contribution >= 4 is 17.8 Å². The van der Waals surface area contributed by atoms with Gasteiger partial charge in [-0.05, 0) is 36.1 Å². The number of fused-ring (bicyclic) bond motifs is 2. The Morgan fingerprint density at radius 3 is 1.50 bits per heavy atom. The van der Waals surface area contributed by atoms with Crippen LogP contribution in [0.3, 0.4) is 0 Å². The van der Waals surface area contributed by atoms with E-state index in [0.717, 1.165) is 22.3 Å². The standard InChI is InChI=1S/C24H24N2O4/c1-3-29-23(27)25-19-15-16-20(26(25)24(28)30-4-2)22(19)21(17-11-7-5-8-12-17)18-13-9-6-10-14-18/h5-16,19-20H,3-4H2,1-2H3. The summed E-state index contributed by atoms with van der Waals surface area (Å²) in [5.74, 6) is 0. The van der Waals surface area contributed by atoms with E-state index in [1.807, 2.05) is 72.8 Å². The lowest BCUT2D eigenvalue weighted by molar-refractivity contribution is -0.0130. The summed E-state index contributed by atoms with van der Waals surface area (Å²) in [6.07, 6.45) is 2.75. The van der Waals surface area contributed by atoms with Gasteiger partial charge in [0.25, 0.3) is 0 Å². The molecule has 4 rings (SSSR count). The third-order valence-electron chi connectivity index (χ3n) is 5.20.